The van der Waals surface area contributed by atoms with Crippen molar-refractivity contribution in [3.05, 3.63) is 42.0 Å². The molecular weight excluding hydrogens is 264 g/mol. The third kappa shape index (κ3) is 4.00. The second kappa shape index (κ2) is 5.88. The van der Waals surface area contributed by atoms with Gasteiger partial charge in [0.2, 0.25) is 0 Å². The molecule has 0 heterocycles. The summed E-state index contributed by atoms with van der Waals surface area (Å²) in [4.78, 5) is 11.7. The van der Waals surface area contributed by atoms with Crippen molar-refractivity contribution in [3.8, 4) is 17.6 Å². The molecule has 0 unspecified atom stereocenters. The second-order valence-electron chi connectivity index (χ2n) is 5.65. The summed E-state index contributed by atoms with van der Waals surface area (Å²) < 4.78 is 10.5. The minimum atomic E-state index is -0.544. The van der Waals surface area contributed by atoms with Gasteiger partial charge < -0.3 is 9.47 Å². The van der Waals surface area contributed by atoms with Crippen LogP contribution in [0.3, 0.4) is 0 Å². The molecular formula is C18H18O3. The lowest BCUT2D eigenvalue weighted by molar-refractivity contribution is -0.147. The molecule has 2 rings (SSSR count). The first-order valence-electron chi connectivity index (χ1n) is 6.71. The summed E-state index contributed by atoms with van der Waals surface area (Å²) in [6.45, 7) is 5.43. The predicted octanol–water partition coefficient (Wildman–Crippen LogP) is 3.54. The number of esters is 1. The van der Waals surface area contributed by atoms with Crippen molar-refractivity contribution in [1.82, 2.24) is 0 Å². The molecule has 0 N–H and O–H groups in total. The van der Waals surface area contributed by atoms with Gasteiger partial charge in [0.05, 0.1) is 12.7 Å². The quantitative estimate of drug-likeness (QED) is 0.593. The molecule has 2 aromatic rings. The first-order chi connectivity index (χ1) is 9.89. The Bertz CT molecular complexity index is 727. The van der Waals surface area contributed by atoms with Gasteiger partial charge in [-0.3, -0.25) is 0 Å². The molecule has 0 radical (unpaired) electrons. The van der Waals surface area contributed by atoms with Crippen LogP contribution < -0.4 is 4.74 Å². The molecule has 3 heteroatoms. The molecule has 0 aliphatic rings. The minimum absolute atomic E-state index is 0.542. The van der Waals surface area contributed by atoms with Gasteiger partial charge in [0, 0.05) is 5.92 Å². The molecule has 21 heavy (non-hydrogen) atoms. The number of fused-ring (bicyclic) bond motifs is 1. The SMILES string of the molecule is COc1cc2ccccc2cc1C#CC(=O)OC(C)(C)C. The molecule has 0 saturated carbocycles. The standard InChI is InChI=1S/C18H18O3/c1-18(2,3)21-17(19)10-9-15-11-13-7-5-6-8-14(13)12-16(15)20-4/h5-8,11-12H,1-4H3. The van der Waals surface area contributed by atoms with E-state index in [4.69, 9.17) is 9.47 Å². The van der Waals surface area contributed by atoms with E-state index in [9.17, 15) is 4.79 Å². The van der Waals surface area contributed by atoms with Crippen LogP contribution in [0, 0.1) is 11.8 Å². The van der Waals surface area contributed by atoms with Crippen LogP contribution in [0.2, 0.25) is 0 Å². The highest BCUT2D eigenvalue weighted by molar-refractivity contribution is 5.91. The topological polar surface area (TPSA) is 35.5 Å². The van der Waals surface area contributed by atoms with Crippen LogP contribution in [0.15, 0.2) is 36.4 Å². The van der Waals surface area contributed by atoms with Gasteiger partial charge in [-0.05, 0) is 43.7 Å². The summed E-state index contributed by atoms with van der Waals surface area (Å²) in [7, 11) is 1.59. The van der Waals surface area contributed by atoms with Crippen LogP contribution in [0.4, 0.5) is 0 Å². The number of methoxy groups -OCH3 is 1. The van der Waals surface area contributed by atoms with E-state index >= 15 is 0 Å². The number of carbonyl (C=O) groups is 1. The molecule has 0 amide bonds. The van der Waals surface area contributed by atoms with Gasteiger partial charge in [-0.1, -0.05) is 30.2 Å². The number of benzene rings is 2. The molecule has 0 aliphatic heterocycles. The monoisotopic (exact) mass is 282 g/mol. The maximum atomic E-state index is 11.7. The zero-order chi connectivity index (χ0) is 15.5. The van der Waals surface area contributed by atoms with Crippen molar-refractivity contribution in [1.29, 1.82) is 0 Å². The highest BCUT2D eigenvalue weighted by atomic mass is 16.6. The molecule has 3 nitrogen and oxygen atoms in total. The van der Waals surface area contributed by atoms with E-state index in [1.165, 1.54) is 0 Å². The van der Waals surface area contributed by atoms with E-state index in [-0.39, 0.29) is 0 Å². The maximum absolute atomic E-state index is 11.7. The maximum Gasteiger partial charge on any atom is 0.385 e. The molecule has 0 bridgehead atoms. The van der Waals surface area contributed by atoms with E-state index in [1.807, 2.05) is 57.2 Å². The molecule has 0 aromatic heterocycles. The van der Waals surface area contributed by atoms with Crippen LogP contribution >= 0.6 is 0 Å². The first kappa shape index (κ1) is 14.9. The van der Waals surface area contributed by atoms with Crippen molar-refractivity contribution < 1.29 is 14.3 Å². The van der Waals surface area contributed by atoms with Crippen LogP contribution in [0.5, 0.6) is 5.75 Å². The van der Waals surface area contributed by atoms with Crippen molar-refractivity contribution in [2.75, 3.05) is 7.11 Å². The second-order valence-corrected chi connectivity index (χ2v) is 5.65. The number of ether oxygens (including phenoxy) is 2. The van der Waals surface area contributed by atoms with Crippen LogP contribution in [-0.2, 0) is 9.53 Å². The zero-order valence-corrected chi connectivity index (χ0v) is 12.7. The molecule has 0 fully saturated rings. The van der Waals surface area contributed by atoms with E-state index < -0.39 is 11.6 Å². The average molecular weight is 282 g/mol. The van der Waals surface area contributed by atoms with Crippen molar-refractivity contribution in [2.24, 2.45) is 0 Å². The van der Waals surface area contributed by atoms with Gasteiger partial charge in [-0.15, -0.1) is 0 Å². The smallest absolute Gasteiger partial charge is 0.385 e. The Labute approximate surface area is 124 Å². The first-order valence-corrected chi connectivity index (χ1v) is 6.71. The Balaban J connectivity index is 2.36. The van der Waals surface area contributed by atoms with Gasteiger partial charge in [0.1, 0.15) is 11.4 Å². The van der Waals surface area contributed by atoms with Crippen molar-refractivity contribution in [2.45, 2.75) is 26.4 Å². The largest absolute Gasteiger partial charge is 0.495 e. The number of hydrogen-bond acceptors (Lipinski definition) is 3. The average Bonchev–Trinajstić information content (AvgIpc) is 2.42. The Kier molecular flexibility index (Phi) is 4.18. The fourth-order valence-electron chi connectivity index (χ4n) is 1.91. The van der Waals surface area contributed by atoms with Crippen LogP contribution in [0.25, 0.3) is 10.8 Å². The number of carbonyl (C=O) groups excluding carboxylic acids is 1. The van der Waals surface area contributed by atoms with E-state index in [2.05, 4.69) is 11.8 Å². The summed E-state index contributed by atoms with van der Waals surface area (Å²) in [5.41, 5.74) is 0.126. The lowest BCUT2D eigenvalue weighted by Gasteiger charge is -2.16. The minimum Gasteiger partial charge on any atom is -0.495 e. The summed E-state index contributed by atoms with van der Waals surface area (Å²) in [5.74, 6) is 5.43. The summed E-state index contributed by atoms with van der Waals surface area (Å²) in [5, 5.41) is 2.11. The van der Waals surface area contributed by atoms with E-state index in [0.717, 1.165) is 10.8 Å². The fraction of sp³-hybridized carbons (Fsp3) is 0.278. The Hall–Kier alpha value is -2.47. The zero-order valence-electron chi connectivity index (χ0n) is 12.7. The molecule has 0 spiro atoms. The highest BCUT2D eigenvalue weighted by Gasteiger charge is 2.14. The summed E-state index contributed by atoms with van der Waals surface area (Å²) >= 11 is 0. The molecule has 0 atom stereocenters. The lowest BCUT2D eigenvalue weighted by atomic mass is 10.1. The van der Waals surface area contributed by atoms with Crippen LogP contribution in [0.1, 0.15) is 26.3 Å². The fourth-order valence-corrected chi connectivity index (χ4v) is 1.91. The Morgan fingerprint density at radius 2 is 1.71 bits per heavy atom. The van der Waals surface area contributed by atoms with Gasteiger partial charge in [0.25, 0.3) is 0 Å². The van der Waals surface area contributed by atoms with Gasteiger partial charge in [-0.2, -0.15) is 0 Å². The normalized spacial score (nSPS) is 10.7. The van der Waals surface area contributed by atoms with E-state index in [1.54, 1.807) is 7.11 Å². The lowest BCUT2D eigenvalue weighted by Crippen LogP contribution is -2.22. The number of hydrogen-bond donors (Lipinski definition) is 0. The summed E-state index contributed by atoms with van der Waals surface area (Å²) in [6.07, 6.45) is 0. The van der Waals surface area contributed by atoms with Gasteiger partial charge in [-0.25, -0.2) is 4.79 Å². The van der Waals surface area contributed by atoms with Gasteiger partial charge >= 0.3 is 5.97 Å². The molecule has 2 aromatic carbocycles. The highest BCUT2D eigenvalue weighted by Crippen LogP contribution is 2.25. The Morgan fingerprint density at radius 1 is 1.10 bits per heavy atom. The molecule has 0 saturated heterocycles. The molecule has 0 aliphatic carbocycles. The van der Waals surface area contributed by atoms with Gasteiger partial charge in [0.15, 0.2) is 0 Å². The third-order valence-electron chi connectivity index (χ3n) is 2.77. The molecule has 108 valence electrons. The predicted molar refractivity (Wildman–Crippen MR) is 83.2 cm³/mol. The van der Waals surface area contributed by atoms with Crippen LogP contribution in [-0.4, -0.2) is 18.7 Å². The number of rotatable bonds is 1. The van der Waals surface area contributed by atoms with Crippen molar-refractivity contribution in [3.63, 3.8) is 0 Å². The van der Waals surface area contributed by atoms with Crippen molar-refractivity contribution >= 4 is 16.7 Å². The third-order valence-corrected chi connectivity index (χ3v) is 2.77. The summed E-state index contributed by atoms with van der Waals surface area (Å²) in [6, 6.07) is 11.7. The Morgan fingerprint density at radius 3 is 2.29 bits per heavy atom. The van der Waals surface area contributed by atoms with E-state index in [0.29, 0.717) is 11.3 Å².